The molecule has 1 unspecified atom stereocenters. The predicted octanol–water partition coefficient (Wildman–Crippen LogP) is 1.47. The van der Waals surface area contributed by atoms with Crippen LogP contribution in [0.4, 0.5) is 5.69 Å². The van der Waals surface area contributed by atoms with Crippen LogP contribution >= 0.6 is 0 Å². The van der Waals surface area contributed by atoms with Crippen molar-refractivity contribution in [3.05, 3.63) is 28.8 Å². The average Bonchev–Trinajstić information content (AvgIpc) is 2.09. The summed E-state index contributed by atoms with van der Waals surface area (Å²) in [4.78, 5) is 11.1. The normalized spacial score (nSPS) is 12.6. The molecule has 1 rings (SSSR count). The minimum atomic E-state index is -0.603. The summed E-state index contributed by atoms with van der Waals surface area (Å²) in [5, 5.41) is 0. The first kappa shape index (κ1) is 10.7. The van der Waals surface area contributed by atoms with E-state index in [1.165, 1.54) is 6.92 Å². The van der Waals surface area contributed by atoms with Gasteiger partial charge in [-0.1, -0.05) is 17.7 Å². The van der Waals surface area contributed by atoms with Crippen molar-refractivity contribution in [1.82, 2.24) is 0 Å². The number of Topliss-reactive ketones (excluding diaryl/α,β-unsaturated/α-hetero) is 1. The highest BCUT2D eigenvalue weighted by Gasteiger charge is 2.15. The first-order valence-corrected chi connectivity index (χ1v) is 4.56. The molecule has 1 aromatic carbocycles. The summed E-state index contributed by atoms with van der Waals surface area (Å²) in [6.45, 7) is 5.35. The van der Waals surface area contributed by atoms with E-state index in [0.717, 1.165) is 16.7 Å². The van der Waals surface area contributed by atoms with Gasteiger partial charge in [0.25, 0.3) is 0 Å². The fourth-order valence-corrected chi connectivity index (χ4v) is 1.49. The lowest BCUT2D eigenvalue weighted by atomic mass is 9.97. The molecule has 0 radical (unpaired) electrons. The molecule has 76 valence electrons. The minimum Gasteiger partial charge on any atom is -0.398 e. The lowest BCUT2D eigenvalue weighted by Gasteiger charge is -2.14. The quantitative estimate of drug-likeness (QED) is 0.697. The number of carbonyl (C=O) groups is 1. The SMILES string of the molecule is CC(=O)C(N)c1cc(C)cc(C)c1N. The van der Waals surface area contributed by atoms with Crippen LogP contribution < -0.4 is 11.5 Å². The Balaban J connectivity index is 3.26. The highest BCUT2D eigenvalue weighted by Crippen LogP contribution is 2.24. The minimum absolute atomic E-state index is 0.0679. The molecule has 0 aromatic heterocycles. The van der Waals surface area contributed by atoms with Crippen molar-refractivity contribution in [1.29, 1.82) is 0 Å². The van der Waals surface area contributed by atoms with Gasteiger partial charge < -0.3 is 11.5 Å². The highest BCUT2D eigenvalue weighted by atomic mass is 16.1. The second-order valence-corrected chi connectivity index (χ2v) is 3.67. The van der Waals surface area contributed by atoms with E-state index in [9.17, 15) is 4.79 Å². The van der Waals surface area contributed by atoms with Crippen molar-refractivity contribution in [2.45, 2.75) is 26.8 Å². The van der Waals surface area contributed by atoms with E-state index < -0.39 is 6.04 Å². The molecule has 0 aliphatic carbocycles. The summed E-state index contributed by atoms with van der Waals surface area (Å²) in [6, 6.07) is 3.24. The van der Waals surface area contributed by atoms with E-state index in [0.29, 0.717) is 5.69 Å². The van der Waals surface area contributed by atoms with Crippen LogP contribution in [0, 0.1) is 13.8 Å². The summed E-state index contributed by atoms with van der Waals surface area (Å²) in [5.74, 6) is -0.0679. The molecule has 3 nitrogen and oxygen atoms in total. The Labute approximate surface area is 84.1 Å². The van der Waals surface area contributed by atoms with Gasteiger partial charge in [0.2, 0.25) is 0 Å². The molecule has 4 N–H and O–H groups in total. The van der Waals surface area contributed by atoms with E-state index in [1.807, 2.05) is 26.0 Å². The van der Waals surface area contributed by atoms with Crippen LogP contribution in [-0.4, -0.2) is 5.78 Å². The summed E-state index contributed by atoms with van der Waals surface area (Å²) >= 11 is 0. The van der Waals surface area contributed by atoms with Crippen LogP contribution in [0.1, 0.15) is 29.7 Å². The van der Waals surface area contributed by atoms with Gasteiger partial charge in [0, 0.05) is 5.69 Å². The van der Waals surface area contributed by atoms with Gasteiger partial charge in [-0.2, -0.15) is 0 Å². The number of benzene rings is 1. The highest BCUT2D eigenvalue weighted by molar-refractivity contribution is 5.84. The van der Waals surface area contributed by atoms with E-state index in [2.05, 4.69) is 0 Å². The molecule has 0 aliphatic rings. The number of nitrogens with two attached hydrogens (primary N) is 2. The zero-order valence-electron chi connectivity index (χ0n) is 8.79. The average molecular weight is 192 g/mol. The van der Waals surface area contributed by atoms with Crippen LogP contribution in [0.25, 0.3) is 0 Å². The maximum atomic E-state index is 11.1. The number of aryl methyl sites for hydroxylation is 2. The van der Waals surface area contributed by atoms with E-state index in [-0.39, 0.29) is 5.78 Å². The standard InChI is InChI=1S/C11H16N2O/c1-6-4-7(2)10(12)9(5-6)11(13)8(3)14/h4-5,11H,12-13H2,1-3H3. The summed E-state index contributed by atoms with van der Waals surface area (Å²) in [6.07, 6.45) is 0. The maximum absolute atomic E-state index is 11.1. The number of rotatable bonds is 2. The van der Waals surface area contributed by atoms with Crippen molar-refractivity contribution >= 4 is 11.5 Å². The Kier molecular flexibility index (Phi) is 2.91. The van der Waals surface area contributed by atoms with Crippen molar-refractivity contribution in [3.63, 3.8) is 0 Å². The maximum Gasteiger partial charge on any atom is 0.151 e. The van der Waals surface area contributed by atoms with Gasteiger partial charge in [-0.05, 0) is 31.9 Å². The molecule has 3 heteroatoms. The summed E-state index contributed by atoms with van der Waals surface area (Å²) < 4.78 is 0. The van der Waals surface area contributed by atoms with Crippen LogP contribution in [0.5, 0.6) is 0 Å². The topological polar surface area (TPSA) is 69.1 Å². The number of hydrogen-bond acceptors (Lipinski definition) is 3. The van der Waals surface area contributed by atoms with Gasteiger partial charge >= 0.3 is 0 Å². The molecule has 0 bridgehead atoms. The molecule has 0 fully saturated rings. The Morgan fingerprint density at radius 1 is 1.36 bits per heavy atom. The number of carbonyl (C=O) groups excluding carboxylic acids is 1. The molecule has 0 saturated carbocycles. The molecule has 1 aromatic rings. The Hall–Kier alpha value is -1.35. The van der Waals surface area contributed by atoms with Gasteiger partial charge in [-0.15, -0.1) is 0 Å². The first-order valence-electron chi connectivity index (χ1n) is 4.56. The molecule has 0 spiro atoms. The second kappa shape index (κ2) is 3.80. The monoisotopic (exact) mass is 192 g/mol. The molecule has 0 saturated heterocycles. The van der Waals surface area contributed by atoms with Gasteiger partial charge in [0.15, 0.2) is 5.78 Å². The van der Waals surface area contributed by atoms with Crippen molar-refractivity contribution in [2.75, 3.05) is 5.73 Å². The Bertz CT molecular complexity index is 372. The van der Waals surface area contributed by atoms with Crippen LogP contribution in [0.2, 0.25) is 0 Å². The molecule has 0 aliphatic heterocycles. The molecule has 0 heterocycles. The van der Waals surface area contributed by atoms with Gasteiger partial charge in [-0.3, -0.25) is 4.79 Å². The summed E-state index contributed by atoms with van der Waals surface area (Å²) in [7, 11) is 0. The molecule has 1 atom stereocenters. The third-order valence-electron chi connectivity index (χ3n) is 2.34. The van der Waals surface area contributed by atoms with E-state index in [4.69, 9.17) is 11.5 Å². The van der Waals surface area contributed by atoms with Crippen molar-refractivity contribution in [2.24, 2.45) is 5.73 Å². The van der Waals surface area contributed by atoms with E-state index in [1.54, 1.807) is 0 Å². The van der Waals surface area contributed by atoms with Crippen molar-refractivity contribution < 1.29 is 4.79 Å². The third-order valence-corrected chi connectivity index (χ3v) is 2.34. The lowest BCUT2D eigenvalue weighted by molar-refractivity contribution is -0.118. The number of hydrogen-bond donors (Lipinski definition) is 2. The lowest BCUT2D eigenvalue weighted by Crippen LogP contribution is -2.20. The zero-order chi connectivity index (χ0) is 10.9. The van der Waals surface area contributed by atoms with Crippen LogP contribution in [-0.2, 0) is 4.79 Å². The number of ketones is 1. The first-order chi connectivity index (χ1) is 6.43. The van der Waals surface area contributed by atoms with Crippen molar-refractivity contribution in [3.8, 4) is 0 Å². The third kappa shape index (κ3) is 1.93. The Morgan fingerprint density at radius 3 is 2.43 bits per heavy atom. The van der Waals surface area contributed by atoms with Gasteiger partial charge in [0.05, 0.1) is 6.04 Å². The van der Waals surface area contributed by atoms with Gasteiger partial charge in [0.1, 0.15) is 0 Å². The fraction of sp³-hybridized carbons (Fsp3) is 0.364. The molecule has 14 heavy (non-hydrogen) atoms. The van der Waals surface area contributed by atoms with E-state index >= 15 is 0 Å². The Morgan fingerprint density at radius 2 is 1.93 bits per heavy atom. The zero-order valence-corrected chi connectivity index (χ0v) is 8.79. The molecular weight excluding hydrogens is 176 g/mol. The molecule has 0 amide bonds. The number of nitrogen functional groups attached to an aromatic ring is 1. The van der Waals surface area contributed by atoms with Crippen LogP contribution in [0.3, 0.4) is 0 Å². The fourth-order valence-electron chi connectivity index (χ4n) is 1.49. The summed E-state index contributed by atoms with van der Waals surface area (Å²) in [5.41, 5.74) is 15.0. The molecular formula is C11H16N2O. The second-order valence-electron chi connectivity index (χ2n) is 3.67. The largest absolute Gasteiger partial charge is 0.398 e. The smallest absolute Gasteiger partial charge is 0.151 e. The number of anilines is 1. The van der Waals surface area contributed by atoms with Gasteiger partial charge in [-0.25, -0.2) is 0 Å². The predicted molar refractivity (Wildman–Crippen MR) is 57.9 cm³/mol. The van der Waals surface area contributed by atoms with Crippen LogP contribution in [0.15, 0.2) is 12.1 Å².